The second-order valence-electron chi connectivity index (χ2n) is 5.56. The molecule has 0 saturated heterocycles. The predicted molar refractivity (Wildman–Crippen MR) is 83.0 cm³/mol. The highest BCUT2D eigenvalue weighted by Crippen LogP contribution is 2.35. The van der Waals surface area contributed by atoms with Crippen LogP contribution in [0, 0.1) is 0 Å². The molecule has 1 N–H and O–H groups in total. The number of phenols is 1. The highest BCUT2D eigenvalue weighted by molar-refractivity contribution is 5.50. The Labute approximate surface area is 141 Å². The fourth-order valence-electron chi connectivity index (χ4n) is 2.71. The van der Waals surface area contributed by atoms with Crippen LogP contribution < -0.4 is 14.4 Å². The lowest BCUT2D eigenvalue weighted by atomic mass is 9.99. The first-order valence-corrected chi connectivity index (χ1v) is 7.45. The van der Waals surface area contributed by atoms with Gasteiger partial charge >= 0.3 is 6.18 Å². The molecule has 25 heavy (non-hydrogen) atoms. The van der Waals surface area contributed by atoms with Crippen molar-refractivity contribution in [2.24, 2.45) is 0 Å². The maximum Gasteiger partial charge on any atom is 0.433 e. The predicted octanol–water partition coefficient (Wildman–Crippen LogP) is 2.78. The molecule has 0 spiro atoms. The molecule has 0 aliphatic carbocycles. The first kappa shape index (κ1) is 17.1. The number of aromatic hydroxyl groups is 1. The van der Waals surface area contributed by atoms with E-state index < -0.39 is 11.9 Å². The summed E-state index contributed by atoms with van der Waals surface area (Å²) in [5, 5.41) is 9.84. The van der Waals surface area contributed by atoms with E-state index in [0.717, 1.165) is 17.2 Å². The zero-order chi connectivity index (χ0) is 18.2. The number of nitrogens with zero attached hydrogens (tertiary/aromatic N) is 3. The van der Waals surface area contributed by atoms with Crippen LogP contribution in [0.2, 0.25) is 0 Å². The smallest absolute Gasteiger partial charge is 0.433 e. The maximum atomic E-state index is 13.0. The van der Waals surface area contributed by atoms with Gasteiger partial charge < -0.3 is 19.5 Å². The summed E-state index contributed by atoms with van der Waals surface area (Å²) in [5.41, 5.74) is 0.692. The van der Waals surface area contributed by atoms with Crippen molar-refractivity contribution in [1.29, 1.82) is 0 Å². The van der Waals surface area contributed by atoms with Crippen molar-refractivity contribution in [3.63, 3.8) is 0 Å². The quantitative estimate of drug-likeness (QED) is 0.913. The largest absolute Gasteiger partial charge is 0.504 e. The fourth-order valence-corrected chi connectivity index (χ4v) is 2.71. The normalized spacial score (nSPS) is 14.2. The number of hydrogen-bond donors (Lipinski definition) is 1. The van der Waals surface area contributed by atoms with Crippen LogP contribution in [0.1, 0.15) is 16.8 Å². The van der Waals surface area contributed by atoms with Gasteiger partial charge in [0.15, 0.2) is 17.2 Å². The lowest BCUT2D eigenvalue weighted by Gasteiger charge is -2.29. The first-order chi connectivity index (χ1) is 11.8. The Morgan fingerprint density at radius 1 is 1.08 bits per heavy atom. The van der Waals surface area contributed by atoms with Crippen LogP contribution in [-0.4, -0.2) is 35.8 Å². The Bertz CT molecular complexity index is 796. The van der Waals surface area contributed by atoms with Gasteiger partial charge in [0, 0.05) is 19.2 Å². The minimum Gasteiger partial charge on any atom is -0.504 e. The maximum absolute atomic E-state index is 13.0. The first-order valence-electron chi connectivity index (χ1n) is 7.45. The Hall–Kier alpha value is -2.71. The second-order valence-corrected chi connectivity index (χ2v) is 5.56. The van der Waals surface area contributed by atoms with Crippen LogP contribution >= 0.6 is 0 Å². The second kappa shape index (κ2) is 6.30. The topological polar surface area (TPSA) is 67.7 Å². The van der Waals surface area contributed by atoms with Gasteiger partial charge in [-0.05, 0) is 29.7 Å². The van der Waals surface area contributed by atoms with Gasteiger partial charge in [-0.1, -0.05) is 0 Å². The van der Waals surface area contributed by atoms with Gasteiger partial charge in [-0.2, -0.15) is 18.2 Å². The van der Waals surface area contributed by atoms with Crippen LogP contribution in [0.25, 0.3) is 0 Å². The number of rotatable bonds is 3. The van der Waals surface area contributed by atoms with E-state index in [-0.39, 0.29) is 17.6 Å². The number of alkyl halides is 3. The summed E-state index contributed by atoms with van der Waals surface area (Å²) in [6.45, 7) is 0.722. The van der Waals surface area contributed by atoms with E-state index in [1.807, 2.05) is 0 Å². The molecule has 2 aromatic rings. The van der Waals surface area contributed by atoms with E-state index in [4.69, 9.17) is 9.47 Å². The molecule has 1 aliphatic rings. The van der Waals surface area contributed by atoms with Gasteiger partial charge in [0.25, 0.3) is 0 Å². The van der Waals surface area contributed by atoms with Crippen molar-refractivity contribution in [2.45, 2.75) is 19.1 Å². The average Bonchev–Trinajstić information content (AvgIpc) is 2.59. The number of aromatic nitrogens is 2. The van der Waals surface area contributed by atoms with Crippen molar-refractivity contribution in [1.82, 2.24) is 9.97 Å². The summed E-state index contributed by atoms with van der Waals surface area (Å²) in [6, 6.07) is 4.04. The van der Waals surface area contributed by atoms with Crippen molar-refractivity contribution in [3.05, 3.63) is 35.0 Å². The molecule has 9 heteroatoms. The van der Waals surface area contributed by atoms with Gasteiger partial charge in [-0.3, -0.25) is 0 Å². The molecule has 0 saturated carbocycles. The molecular weight excluding hydrogens is 339 g/mol. The van der Waals surface area contributed by atoms with Gasteiger partial charge in [0.05, 0.1) is 14.2 Å². The molecule has 0 amide bonds. The molecule has 1 aliphatic heterocycles. The Kier molecular flexibility index (Phi) is 4.32. The van der Waals surface area contributed by atoms with E-state index >= 15 is 0 Å². The lowest BCUT2D eigenvalue weighted by Crippen LogP contribution is -2.32. The molecule has 6 nitrogen and oxygen atoms in total. The zero-order valence-electron chi connectivity index (χ0n) is 13.6. The van der Waals surface area contributed by atoms with Crippen LogP contribution in [-0.2, 0) is 19.1 Å². The summed E-state index contributed by atoms with van der Waals surface area (Å²) in [5.74, 6) is 0.144. The summed E-state index contributed by atoms with van der Waals surface area (Å²) in [7, 11) is 2.69. The monoisotopic (exact) mass is 355 g/mol. The Balaban J connectivity index is 1.96. The number of ether oxygens (including phenoxy) is 2. The van der Waals surface area contributed by atoms with Gasteiger partial charge in [-0.15, -0.1) is 0 Å². The number of anilines is 1. The minimum absolute atomic E-state index is 0.0340. The van der Waals surface area contributed by atoms with Crippen molar-refractivity contribution >= 4 is 5.95 Å². The average molecular weight is 355 g/mol. The lowest BCUT2D eigenvalue weighted by molar-refractivity contribution is -0.141. The molecule has 2 heterocycles. The van der Waals surface area contributed by atoms with Crippen LogP contribution in [0.4, 0.5) is 19.1 Å². The van der Waals surface area contributed by atoms with E-state index in [9.17, 15) is 18.3 Å². The summed E-state index contributed by atoms with van der Waals surface area (Å²) < 4.78 is 49.0. The highest BCUT2D eigenvalue weighted by Gasteiger charge is 2.35. The standard InChI is InChI=1S/C16H16F3N3O3/c1-24-12-6-10-8-22(4-3-9(10)5-11(12)23)15-20-13(16(17,18)19)7-14(21-15)25-2/h5-7,23H,3-4,8H2,1-2H3. The van der Waals surface area contributed by atoms with Crippen LogP contribution in [0.15, 0.2) is 18.2 Å². The number of fused-ring (bicyclic) bond motifs is 1. The van der Waals surface area contributed by atoms with Gasteiger partial charge in [0.2, 0.25) is 11.8 Å². The molecule has 0 unspecified atom stereocenters. The van der Waals surface area contributed by atoms with Crippen molar-refractivity contribution < 1.29 is 27.8 Å². The molecular formula is C16H16F3N3O3. The summed E-state index contributed by atoms with van der Waals surface area (Å²) >= 11 is 0. The van der Waals surface area contributed by atoms with E-state index in [0.29, 0.717) is 25.3 Å². The molecule has 0 atom stereocenters. The van der Waals surface area contributed by atoms with Gasteiger partial charge in [0.1, 0.15) is 0 Å². The zero-order valence-corrected chi connectivity index (χ0v) is 13.6. The van der Waals surface area contributed by atoms with E-state index in [1.165, 1.54) is 14.2 Å². The minimum atomic E-state index is -4.59. The number of halogens is 3. The Morgan fingerprint density at radius 2 is 1.84 bits per heavy atom. The van der Waals surface area contributed by atoms with E-state index in [2.05, 4.69) is 9.97 Å². The number of benzene rings is 1. The van der Waals surface area contributed by atoms with Crippen LogP contribution in [0.3, 0.4) is 0 Å². The molecule has 0 fully saturated rings. The fraction of sp³-hybridized carbons (Fsp3) is 0.375. The molecule has 0 bridgehead atoms. The van der Waals surface area contributed by atoms with Crippen LogP contribution in [0.5, 0.6) is 17.4 Å². The number of phenolic OH excluding ortho intramolecular Hbond substituents is 1. The molecule has 3 rings (SSSR count). The van der Waals surface area contributed by atoms with Crippen molar-refractivity contribution in [3.8, 4) is 17.4 Å². The molecule has 1 aromatic heterocycles. The third-order valence-corrected chi connectivity index (χ3v) is 3.99. The molecule has 134 valence electrons. The Morgan fingerprint density at radius 3 is 2.48 bits per heavy atom. The van der Waals surface area contributed by atoms with Gasteiger partial charge in [-0.25, -0.2) is 4.98 Å². The third-order valence-electron chi connectivity index (χ3n) is 3.99. The SMILES string of the molecule is COc1cc(C(F)(F)F)nc(N2CCc3cc(O)c(OC)cc3C2)n1. The summed E-state index contributed by atoms with van der Waals surface area (Å²) in [6.07, 6.45) is -4.05. The summed E-state index contributed by atoms with van der Waals surface area (Å²) in [4.78, 5) is 9.31. The van der Waals surface area contributed by atoms with E-state index in [1.54, 1.807) is 17.0 Å². The molecule has 0 radical (unpaired) electrons. The number of methoxy groups -OCH3 is 2. The number of hydrogen-bond acceptors (Lipinski definition) is 6. The van der Waals surface area contributed by atoms with Crippen molar-refractivity contribution in [2.75, 3.05) is 25.7 Å². The highest BCUT2D eigenvalue weighted by atomic mass is 19.4. The molecule has 1 aromatic carbocycles. The third kappa shape index (κ3) is 3.40.